The van der Waals surface area contributed by atoms with Gasteiger partial charge < -0.3 is 15.7 Å². The minimum Gasteiger partial charge on any atom is -0.480 e. The summed E-state index contributed by atoms with van der Waals surface area (Å²) in [5, 5.41) is 15.3. The van der Waals surface area contributed by atoms with Gasteiger partial charge in [0.1, 0.15) is 6.04 Å². The molecule has 0 aliphatic heterocycles. The number of nitrogens with one attached hydrogen (secondary N) is 2. The van der Waals surface area contributed by atoms with Crippen molar-refractivity contribution in [1.29, 1.82) is 0 Å². The highest BCUT2D eigenvalue weighted by Gasteiger charge is 2.46. The highest BCUT2D eigenvalue weighted by molar-refractivity contribution is 7.14. The molecule has 1 aromatic carbocycles. The van der Waals surface area contributed by atoms with E-state index in [0.29, 0.717) is 17.8 Å². The van der Waals surface area contributed by atoms with Gasteiger partial charge in [-0.25, -0.2) is 4.79 Å². The van der Waals surface area contributed by atoms with Crippen molar-refractivity contribution in [2.45, 2.75) is 57.0 Å². The van der Waals surface area contributed by atoms with E-state index in [1.165, 1.54) is 11.3 Å². The van der Waals surface area contributed by atoms with Crippen LogP contribution in [-0.2, 0) is 16.1 Å². The lowest BCUT2D eigenvalue weighted by molar-refractivity contribution is -0.144. The lowest BCUT2D eigenvalue weighted by Crippen LogP contribution is -2.47. The van der Waals surface area contributed by atoms with Crippen LogP contribution in [0.3, 0.4) is 0 Å². The van der Waals surface area contributed by atoms with Gasteiger partial charge in [0.05, 0.1) is 4.88 Å². The second-order valence-corrected chi connectivity index (χ2v) is 9.66. The summed E-state index contributed by atoms with van der Waals surface area (Å²) < 4.78 is 0. The molecule has 0 bridgehead atoms. The highest BCUT2D eigenvalue weighted by Crippen LogP contribution is 2.50. The van der Waals surface area contributed by atoms with Gasteiger partial charge in [0.15, 0.2) is 0 Å². The van der Waals surface area contributed by atoms with Crippen LogP contribution < -0.4 is 10.6 Å². The molecule has 0 saturated heterocycles. The largest absolute Gasteiger partial charge is 0.480 e. The summed E-state index contributed by atoms with van der Waals surface area (Å²) in [4.78, 5) is 38.5. The van der Waals surface area contributed by atoms with Crippen molar-refractivity contribution >= 4 is 29.1 Å². The zero-order chi connectivity index (χ0) is 21.8. The molecule has 2 aliphatic carbocycles. The quantitative estimate of drug-likeness (QED) is 0.580. The minimum atomic E-state index is -0.939. The second-order valence-electron chi connectivity index (χ2n) is 8.54. The SMILES string of the molecule is O=C(NCc1ccccc1)c1ccc([C@@H]2CC2C(=O)N[C@H](C(=O)O)C2CCCCC2)s1. The number of amides is 2. The van der Waals surface area contributed by atoms with E-state index in [0.717, 1.165) is 42.5 Å². The normalized spacial score (nSPS) is 21.8. The van der Waals surface area contributed by atoms with Crippen LogP contribution in [0.1, 0.15) is 64.6 Å². The molecule has 6 nitrogen and oxygen atoms in total. The predicted molar refractivity (Wildman–Crippen MR) is 119 cm³/mol. The van der Waals surface area contributed by atoms with Crippen molar-refractivity contribution in [1.82, 2.24) is 10.6 Å². The van der Waals surface area contributed by atoms with Gasteiger partial charge in [-0.2, -0.15) is 0 Å². The van der Waals surface area contributed by atoms with Gasteiger partial charge in [-0.3, -0.25) is 9.59 Å². The lowest BCUT2D eigenvalue weighted by atomic mass is 9.84. The van der Waals surface area contributed by atoms with E-state index < -0.39 is 12.0 Å². The van der Waals surface area contributed by atoms with Gasteiger partial charge in [-0.15, -0.1) is 11.3 Å². The fraction of sp³-hybridized carbons (Fsp3) is 0.458. The van der Waals surface area contributed by atoms with Crippen LogP contribution in [0.5, 0.6) is 0 Å². The van der Waals surface area contributed by atoms with Crippen LogP contribution >= 0.6 is 11.3 Å². The first-order chi connectivity index (χ1) is 15.0. The van der Waals surface area contributed by atoms with Crippen LogP contribution in [0.25, 0.3) is 0 Å². The third-order valence-electron chi connectivity index (χ3n) is 6.32. The number of thiophene rings is 1. The maximum atomic E-state index is 12.7. The Bertz CT molecular complexity index is 936. The van der Waals surface area contributed by atoms with Gasteiger partial charge in [0.2, 0.25) is 5.91 Å². The Morgan fingerprint density at radius 1 is 1.03 bits per heavy atom. The monoisotopic (exact) mass is 440 g/mol. The zero-order valence-corrected chi connectivity index (χ0v) is 18.2. The molecule has 3 N–H and O–H groups in total. The molecule has 1 heterocycles. The van der Waals surface area contributed by atoms with E-state index in [-0.39, 0.29) is 29.6 Å². The Balaban J connectivity index is 1.30. The van der Waals surface area contributed by atoms with E-state index in [4.69, 9.17) is 0 Å². The van der Waals surface area contributed by atoms with E-state index >= 15 is 0 Å². The maximum Gasteiger partial charge on any atom is 0.326 e. The number of rotatable bonds is 8. The minimum absolute atomic E-state index is 0.0223. The lowest BCUT2D eigenvalue weighted by Gasteiger charge is -2.28. The van der Waals surface area contributed by atoms with E-state index in [2.05, 4.69) is 10.6 Å². The summed E-state index contributed by atoms with van der Waals surface area (Å²) >= 11 is 1.41. The van der Waals surface area contributed by atoms with Crippen molar-refractivity contribution in [3.8, 4) is 0 Å². The average Bonchev–Trinajstić information content (AvgIpc) is 3.45. The van der Waals surface area contributed by atoms with Gasteiger partial charge in [-0.05, 0) is 42.9 Å². The Morgan fingerprint density at radius 3 is 2.48 bits per heavy atom. The molecule has 3 atom stereocenters. The number of aliphatic carboxylic acids is 1. The smallest absolute Gasteiger partial charge is 0.326 e. The topological polar surface area (TPSA) is 95.5 Å². The van der Waals surface area contributed by atoms with E-state index in [1.807, 2.05) is 36.4 Å². The summed E-state index contributed by atoms with van der Waals surface area (Å²) in [5.74, 6) is -1.35. The number of carboxylic acids is 1. The van der Waals surface area contributed by atoms with Gasteiger partial charge >= 0.3 is 5.97 Å². The molecule has 2 aromatic rings. The summed E-state index contributed by atoms with van der Waals surface area (Å²) in [6.07, 6.45) is 5.62. The summed E-state index contributed by atoms with van der Waals surface area (Å²) in [6.45, 7) is 0.471. The zero-order valence-electron chi connectivity index (χ0n) is 17.4. The van der Waals surface area contributed by atoms with Crippen LogP contribution in [0, 0.1) is 11.8 Å². The first kappa shape index (κ1) is 21.6. The molecule has 2 saturated carbocycles. The number of carboxylic acid groups (broad SMARTS) is 1. The molecule has 4 rings (SSSR count). The van der Waals surface area contributed by atoms with Gasteiger partial charge in [0.25, 0.3) is 5.91 Å². The first-order valence-corrected chi connectivity index (χ1v) is 11.8. The van der Waals surface area contributed by atoms with Crippen LogP contribution in [0.2, 0.25) is 0 Å². The summed E-state index contributed by atoms with van der Waals surface area (Å²) in [7, 11) is 0. The first-order valence-electron chi connectivity index (χ1n) is 11.0. The average molecular weight is 441 g/mol. The molecule has 0 radical (unpaired) electrons. The second kappa shape index (κ2) is 9.64. The molecule has 2 fully saturated rings. The Hall–Kier alpha value is -2.67. The number of carbonyl (C=O) groups excluding carboxylic acids is 2. The fourth-order valence-electron chi connectivity index (χ4n) is 4.45. The fourth-order valence-corrected chi connectivity index (χ4v) is 5.55. The summed E-state index contributed by atoms with van der Waals surface area (Å²) in [6, 6.07) is 12.7. The van der Waals surface area contributed by atoms with Gasteiger partial charge in [-0.1, -0.05) is 49.6 Å². The Kier molecular flexibility index (Phi) is 6.70. The molecule has 0 spiro atoms. The standard InChI is InChI=1S/C24H28N2O4S/c27-22(26-21(24(29)30)16-9-5-2-6-10-16)18-13-17(18)19-11-12-20(31-19)23(28)25-14-15-7-3-1-4-8-15/h1,3-4,7-8,11-12,16-18,21H,2,5-6,9-10,13-14H2,(H,25,28)(H,26,27)(H,29,30)/t17-,18?,21+/m1/s1. The molecule has 7 heteroatoms. The number of benzene rings is 1. The molecular weight excluding hydrogens is 412 g/mol. The Morgan fingerprint density at radius 2 is 1.77 bits per heavy atom. The molecule has 1 aromatic heterocycles. The van der Waals surface area contributed by atoms with Gasteiger partial charge in [0, 0.05) is 23.3 Å². The van der Waals surface area contributed by atoms with Crippen molar-refractivity contribution in [2.75, 3.05) is 0 Å². The molecule has 31 heavy (non-hydrogen) atoms. The molecule has 1 unspecified atom stereocenters. The number of hydrogen-bond donors (Lipinski definition) is 3. The van der Waals surface area contributed by atoms with Crippen LogP contribution in [0.4, 0.5) is 0 Å². The highest BCUT2D eigenvalue weighted by atomic mass is 32.1. The molecule has 2 amide bonds. The molecule has 164 valence electrons. The Labute approximate surface area is 186 Å². The van der Waals surface area contributed by atoms with Crippen molar-refractivity contribution in [2.24, 2.45) is 11.8 Å². The van der Waals surface area contributed by atoms with Crippen LogP contribution in [-0.4, -0.2) is 28.9 Å². The third kappa shape index (κ3) is 5.34. The third-order valence-corrected chi connectivity index (χ3v) is 7.54. The molecular formula is C24H28N2O4S. The number of carbonyl (C=O) groups is 3. The summed E-state index contributed by atoms with van der Waals surface area (Å²) in [5.41, 5.74) is 1.04. The van der Waals surface area contributed by atoms with E-state index in [1.54, 1.807) is 6.07 Å². The van der Waals surface area contributed by atoms with Crippen LogP contribution in [0.15, 0.2) is 42.5 Å². The van der Waals surface area contributed by atoms with Crippen molar-refractivity contribution < 1.29 is 19.5 Å². The molecule has 2 aliphatic rings. The maximum absolute atomic E-state index is 12.7. The van der Waals surface area contributed by atoms with E-state index in [9.17, 15) is 19.5 Å². The van der Waals surface area contributed by atoms with Crippen molar-refractivity contribution in [3.63, 3.8) is 0 Å². The van der Waals surface area contributed by atoms with Crippen molar-refractivity contribution in [3.05, 3.63) is 57.8 Å². The predicted octanol–water partition coefficient (Wildman–Crippen LogP) is 3.93. The number of hydrogen-bond acceptors (Lipinski definition) is 4.